The highest BCUT2D eigenvalue weighted by atomic mass is 35.5. The number of aromatic nitrogens is 3. The van der Waals surface area contributed by atoms with Crippen molar-refractivity contribution < 1.29 is 18.0 Å². The number of carbonyl (C=O) groups excluding carboxylic acids is 1. The molecule has 0 unspecified atom stereocenters. The van der Waals surface area contributed by atoms with Crippen molar-refractivity contribution in [2.45, 2.75) is 6.18 Å². The summed E-state index contributed by atoms with van der Waals surface area (Å²) < 4.78 is 42.3. The van der Waals surface area contributed by atoms with Crippen LogP contribution < -0.4 is 5.32 Å². The lowest BCUT2D eigenvalue weighted by molar-refractivity contribution is -0.141. The van der Waals surface area contributed by atoms with Crippen LogP contribution in [0.4, 0.5) is 13.2 Å². The summed E-state index contributed by atoms with van der Waals surface area (Å²) in [6.45, 7) is 0. The van der Waals surface area contributed by atoms with Crippen molar-refractivity contribution in [2.24, 2.45) is 0 Å². The molecule has 0 aliphatic rings. The van der Waals surface area contributed by atoms with Gasteiger partial charge < -0.3 is 5.32 Å². The normalized spacial score (nSPS) is 11.7. The highest BCUT2D eigenvalue weighted by molar-refractivity contribution is 6.31. The predicted octanol–water partition coefficient (Wildman–Crippen LogP) is 5.77. The molecule has 0 spiro atoms. The van der Waals surface area contributed by atoms with Crippen LogP contribution in [0, 0.1) is 0 Å². The second-order valence-electron chi connectivity index (χ2n) is 6.58. The van der Waals surface area contributed by atoms with Gasteiger partial charge in [0.05, 0.1) is 16.9 Å². The number of carbonyl (C=O) groups is 1. The Morgan fingerprint density at radius 1 is 1.00 bits per heavy atom. The van der Waals surface area contributed by atoms with Crippen LogP contribution in [0.5, 0.6) is 0 Å². The van der Waals surface area contributed by atoms with Gasteiger partial charge in [-0.25, -0.2) is 9.67 Å². The zero-order valence-corrected chi connectivity index (χ0v) is 17.3. The van der Waals surface area contributed by atoms with E-state index in [9.17, 15) is 18.0 Å². The van der Waals surface area contributed by atoms with Gasteiger partial charge in [0.15, 0.2) is 11.3 Å². The molecule has 0 aliphatic heterocycles. The van der Waals surface area contributed by atoms with Gasteiger partial charge in [0.2, 0.25) is 0 Å². The van der Waals surface area contributed by atoms with E-state index in [2.05, 4.69) is 15.4 Å². The van der Waals surface area contributed by atoms with Gasteiger partial charge in [-0.2, -0.15) is 13.2 Å². The molecule has 0 atom stereocenters. The van der Waals surface area contributed by atoms with Crippen molar-refractivity contribution in [1.82, 2.24) is 20.1 Å². The van der Waals surface area contributed by atoms with E-state index in [0.717, 1.165) is 6.07 Å². The number of amides is 1. The van der Waals surface area contributed by atoms with Crippen LogP contribution in [0.15, 0.2) is 54.6 Å². The molecule has 0 saturated heterocycles. The number of nitrogens with one attached hydrogen (secondary N) is 1. The molecule has 0 aliphatic carbocycles. The van der Waals surface area contributed by atoms with Gasteiger partial charge in [-0.1, -0.05) is 35.3 Å². The second kappa shape index (κ2) is 7.86. The number of alkyl halides is 3. The van der Waals surface area contributed by atoms with Gasteiger partial charge >= 0.3 is 6.18 Å². The summed E-state index contributed by atoms with van der Waals surface area (Å²) in [6.07, 6.45) is -4.83. The van der Waals surface area contributed by atoms with Crippen molar-refractivity contribution in [3.8, 4) is 16.9 Å². The summed E-state index contributed by atoms with van der Waals surface area (Å²) in [4.78, 5) is 15.9. The van der Waals surface area contributed by atoms with E-state index in [-0.39, 0.29) is 11.0 Å². The molecule has 0 radical (unpaired) electrons. The summed E-state index contributed by atoms with van der Waals surface area (Å²) in [5.74, 6) is -0.900. The van der Waals surface area contributed by atoms with E-state index >= 15 is 0 Å². The number of nitrogens with zero attached hydrogens (tertiary/aromatic N) is 3. The molecular weight excluding hydrogens is 452 g/mol. The van der Waals surface area contributed by atoms with E-state index in [1.54, 1.807) is 48.5 Å². The SMILES string of the molecule is CNC(=O)c1cc2c(-c3ccc(Cl)cc3)n(-c3ccc(Cl)cc3)nc2nc1C(F)(F)F. The number of rotatable bonds is 3. The van der Waals surface area contributed by atoms with Crippen LogP contribution in [-0.2, 0) is 6.18 Å². The average molecular weight is 465 g/mol. The zero-order chi connectivity index (χ0) is 22.3. The Balaban J connectivity index is 2.09. The molecule has 2 aromatic heterocycles. The van der Waals surface area contributed by atoms with Crippen LogP contribution in [-0.4, -0.2) is 27.7 Å². The largest absolute Gasteiger partial charge is 0.434 e. The molecule has 4 aromatic rings. The van der Waals surface area contributed by atoms with Gasteiger partial charge in [0.1, 0.15) is 0 Å². The maximum Gasteiger partial charge on any atom is 0.434 e. The first-order chi connectivity index (χ1) is 14.7. The fraction of sp³-hybridized carbons (Fsp3) is 0.0952. The van der Waals surface area contributed by atoms with Gasteiger partial charge in [0, 0.05) is 28.0 Å². The molecule has 5 nitrogen and oxygen atoms in total. The van der Waals surface area contributed by atoms with Gasteiger partial charge in [-0.3, -0.25) is 4.79 Å². The molecule has 2 aromatic carbocycles. The number of fused-ring (bicyclic) bond motifs is 1. The fourth-order valence-corrected chi connectivity index (χ4v) is 3.44. The standard InChI is InChI=1S/C21H13Cl2F3N4O/c1-27-20(31)16-10-15-17(11-2-4-12(22)5-3-11)30(14-8-6-13(23)7-9-14)29-19(15)28-18(16)21(24,25)26/h2-10H,1H3,(H,27,31). The third-order valence-corrected chi connectivity index (χ3v) is 5.10. The Morgan fingerprint density at radius 3 is 2.13 bits per heavy atom. The highest BCUT2D eigenvalue weighted by Crippen LogP contribution is 2.36. The molecule has 0 fully saturated rings. The van der Waals surface area contributed by atoms with Crippen LogP contribution in [0.3, 0.4) is 0 Å². The smallest absolute Gasteiger partial charge is 0.355 e. The van der Waals surface area contributed by atoms with E-state index in [0.29, 0.717) is 27.0 Å². The second-order valence-corrected chi connectivity index (χ2v) is 7.45. The third-order valence-electron chi connectivity index (χ3n) is 4.59. The summed E-state index contributed by atoms with van der Waals surface area (Å²) in [5, 5.41) is 7.81. The Labute approximate surface area is 184 Å². The van der Waals surface area contributed by atoms with Crippen molar-refractivity contribution in [3.63, 3.8) is 0 Å². The summed E-state index contributed by atoms with van der Waals surface area (Å²) >= 11 is 12.0. The van der Waals surface area contributed by atoms with Crippen molar-refractivity contribution in [1.29, 1.82) is 0 Å². The predicted molar refractivity (Wildman–Crippen MR) is 113 cm³/mol. The van der Waals surface area contributed by atoms with Crippen LogP contribution >= 0.6 is 23.2 Å². The monoisotopic (exact) mass is 464 g/mol. The van der Waals surface area contributed by atoms with Crippen LogP contribution in [0.25, 0.3) is 28.0 Å². The van der Waals surface area contributed by atoms with E-state index in [1.165, 1.54) is 11.7 Å². The Morgan fingerprint density at radius 2 is 1.58 bits per heavy atom. The highest BCUT2D eigenvalue weighted by Gasteiger charge is 2.38. The van der Waals surface area contributed by atoms with E-state index in [1.807, 2.05) is 0 Å². The topological polar surface area (TPSA) is 59.8 Å². The third kappa shape index (κ3) is 3.96. The van der Waals surface area contributed by atoms with Crippen LogP contribution in [0.2, 0.25) is 10.0 Å². The number of pyridine rings is 1. The summed E-state index contributed by atoms with van der Waals surface area (Å²) in [5.41, 5.74) is -0.398. The van der Waals surface area contributed by atoms with Crippen LogP contribution in [0.1, 0.15) is 16.1 Å². The molecule has 31 heavy (non-hydrogen) atoms. The average Bonchev–Trinajstić information content (AvgIpc) is 3.11. The summed E-state index contributed by atoms with van der Waals surface area (Å²) in [7, 11) is 1.25. The van der Waals surface area contributed by atoms with Gasteiger partial charge in [-0.15, -0.1) is 5.10 Å². The number of halogens is 5. The molecule has 158 valence electrons. The molecule has 4 rings (SSSR count). The molecule has 10 heteroatoms. The minimum atomic E-state index is -4.83. The Kier molecular flexibility index (Phi) is 5.36. The lowest BCUT2D eigenvalue weighted by Gasteiger charge is -2.11. The Bertz CT molecular complexity index is 1280. The first kappa shape index (κ1) is 21.1. The minimum absolute atomic E-state index is 0.153. The van der Waals surface area contributed by atoms with E-state index in [4.69, 9.17) is 23.2 Å². The molecule has 0 bridgehead atoms. The number of benzene rings is 2. The quantitative estimate of drug-likeness (QED) is 0.418. The van der Waals surface area contributed by atoms with E-state index < -0.39 is 23.3 Å². The number of hydrogen-bond donors (Lipinski definition) is 1. The first-order valence-electron chi connectivity index (χ1n) is 8.94. The minimum Gasteiger partial charge on any atom is -0.355 e. The molecule has 0 saturated carbocycles. The maximum atomic E-state index is 13.6. The molecule has 1 amide bonds. The Hall–Kier alpha value is -3.10. The summed E-state index contributed by atoms with van der Waals surface area (Å²) in [6, 6.07) is 14.5. The lowest BCUT2D eigenvalue weighted by atomic mass is 10.1. The lowest BCUT2D eigenvalue weighted by Crippen LogP contribution is -2.23. The van der Waals surface area contributed by atoms with Gasteiger partial charge in [0.25, 0.3) is 5.91 Å². The zero-order valence-electron chi connectivity index (χ0n) is 15.8. The first-order valence-corrected chi connectivity index (χ1v) is 9.69. The molecule has 2 heterocycles. The molecular formula is C21H13Cl2F3N4O. The maximum absolute atomic E-state index is 13.6. The number of hydrogen-bond acceptors (Lipinski definition) is 3. The van der Waals surface area contributed by atoms with Crippen molar-refractivity contribution in [2.75, 3.05) is 7.05 Å². The fourth-order valence-electron chi connectivity index (χ4n) is 3.19. The van der Waals surface area contributed by atoms with Crippen molar-refractivity contribution >= 4 is 40.1 Å². The molecule has 1 N–H and O–H groups in total. The van der Waals surface area contributed by atoms with Crippen molar-refractivity contribution in [3.05, 3.63) is 75.9 Å². The van der Waals surface area contributed by atoms with Gasteiger partial charge in [-0.05, 0) is 42.5 Å².